The van der Waals surface area contributed by atoms with Crippen molar-refractivity contribution in [2.45, 2.75) is 6.92 Å². The predicted molar refractivity (Wildman–Crippen MR) is 40.8 cm³/mol. The fourth-order valence-electron chi connectivity index (χ4n) is 0.272. The number of carbonyl (C=O) groups is 1. The zero-order chi connectivity index (χ0) is 7.98. The van der Waals surface area contributed by atoms with Gasteiger partial charge in [0.25, 0.3) is 0 Å². The Morgan fingerprint density at radius 2 is 2.40 bits per heavy atom. The van der Waals surface area contributed by atoms with Gasteiger partial charge in [0.2, 0.25) is 0 Å². The Hall–Kier alpha value is -1.03. The number of amides is 2. The van der Waals surface area contributed by atoms with Gasteiger partial charge < -0.3 is 5.73 Å². The van der Waals surface area contributed by atoms with Gasteiger partial charge in [-0.05, 0) is 13.0 Å². The largest absolute Gasteiger partial charge is 0.350 e. The molecule has 0 saturated heterocycles. The minimum Gasteiger partial charge on any atom is -0.350 e. The van der Waals surface area contributed by atoms with Gasteiger partial charge in [-0.15, -0.1) is 0 Å². The Balaban J connectivity index is 3.80. The number of hydrazone groups is 1. The highest BCUT2D eigenvalue weighted by Gasteiger charge is 1.85. The molecule has 0 fully saturated rings. The van der Waals surface area contributed by atoms with Crippen LogP contribution in [-0.4, -0.2) is 11.7 Å². The fraction of sp³-hybridized carbons (Fsp3) is 0.200. The van der Waals surface area contributed by atoms with Gasteiger partial charge in [-0.25, -0.2) is 10.2 Å². The fourth-order valence-corrected chi connectivity index (χ4v) is 0.454. The summed E-state index contributed by atoms with van der Waals surface area (Å²) in [6, 6.07) is -0.692. The Morgan fingerprint density at radius 3 is 2.80 bits per heavy atom. The number of nitrogens with one attached hydrogen (secondary N) is 1. The van der Waals surface area contributed by atoms with Gasteiger partial charge in [0, 0.05) is 5.54 Å². The number of nitrogens with zero attached hydrogens (tertiary/aromatic N) is 1. The third-order valence-electron chi connectivity index (χ3n) is 0.647. The molecule has 0 atom stereocenters. The molecule has 10 heavy (non-hydrogen) atoms. The summed E-state index contributed by atoms with van der Waals surface area (Å²) in [5, 5.41) is 3.53. The molecule has 3 N–H and O–H groups in total. The van der Waals surface area contributed by atoms with E-state index in [1.165, 1.54) is 11.6 Å². The summed E-state index contributed by atoms with van der Waals surface area (Å²) in [7, 11) is 0. The van der Waals surface area contributed by atoms with Crippen molar-refractivity contribution in [2.75, 3.05) is 0 Å². The first-order valence-electron chi connectivity index (χ1n) is 2.53. The molecule has 0 aromatic carbocycles. The number of allylic oxidation sites excluding steroid dienone is 1. The molecule has 0 bridgehead atoms. The molecule has 0 unspecified atom stereocenters. The van der Waals surface area contributed by atoms with Crippen LogP contribution in [0.25, 0.3) is 0 Å². The van der Waals surface area contributed by atoms with E-state index in [9.17, 15) is 4.79 Å². The van der Waals surface area contributed by atoms with Crippen molar-refractivity contribution < 1.29 is 4.79 Å². The number of halogens is 1. The number of primary amides is 1. The van der Waals surface area contributed by atoms with Crippen LogP contribution in [0.2, 0.25) is 0 Å². The van der Waals surface area contributed by atoms with Gasteiger partial charge in [0.1, 0.15) is 0 Å². The molecular formula is C5H8ClN3O. The van der Waals surface area contributed by atoms with Crippen molar-refractivity contribution in [1.29, 1.82) is 0 Å². The Labute approximate surface area is 63.7 Å². The average Bonchev–Trinajstić information content (AvgIpc) is 1.85. The number of carbonyl (C=O) groups excluding carboxylic acids is 1. The third kappa shape index (κ3) is 5.11. The van der Waals surface area contributed by atoms with Crippen LogP contribution >= 0.6 is 11.6 Å². The SMILES string of the molecule is CC(/C=C\Cl)=N\NC(N)=O. The molecular weight excluding hydrogens is 154 g/mol. The van der Waals surface area contributed by atoms with Gasteiger partial charge in [0.15, 0.2) is 0 Å². The summed E-state index contributed by atoms with van der Waals surface area (Å²) in [6.07, 6.45) is 1.53. The normalized spacial score (nSPS) is 12.0. The Bertz CT molecular complexity index is 176. The zero-order valence-corrected chi connectivity index (χ0v) is 6.22. The lowest BCUT2D eigenvalue weighted by Gasteiger charge is -1.91. The monoisotopic (exact) mass is 161 g/mol. The molecule has 5 heteroatoms. The second-order valence-corrected chi connectivity index (χ2v) is 1.77. The molecule has 0 aliphatic heterocycles. The summed E-state index contributed by atoms with van der Waals surface area (Å²) in [4.78, 5) is 10.1. The summed E-state index contributed by atoms with van der Waals surface area (Å²) >= 11 is 5.21. The summed E-state index contributed by atoms with van der Waals surface area (Å²) in [6.45, 7) is 1.68. The van der Waals surface area contributed by atoms with E-state index in [1.54, 1.807) is 6.92 Å². The predicted octanol–water partition coefficient (Wildman–Crippen LogP) is 0.783. The second kappa shape index (κ2) is 4.81. The number of rotatable bonds is 2. The van der Waals surface area contributed by atoms with Crippen molar-refractivity contribution >= 4 is 23.3 Å². The van der Waals surface area contributed by atoms with Crippen LogP contribution in [0.3, 0.4) is 0 Å². The standard InChI is InChI=1S/C5H8ClN3O/c1-4(2-3-6)8-9-5(7)10/h2-3H,1H3,(H3,7,9,10)/b3-2-,8-4+. The number of nitrogens with two attached hydrogens (primary N) is 1. The van der Waals surface area contributed by atoms with E-state index in [0.717, 1.165) is 0 Å². The molecule has 0 heterocycles. The quantitative estimate of drug-likeness (QED) is 0.456. The lowest BCUT2D eigenvalue weighted by atomic mass is 10.4. The number of urea groups is 1. The smallest absolute Gasteiger partial charge is 0.332 e. The van der Waals surface area contributed by atoms with Crippen LogP contribution in [0.5, 0.6) is 0 Å². The van der Waals surface area contributed by atoms with Gasteiger partial charge >= 0.3 is 6.03 Å². The molecule has 0 aliphatic carbocycles. The first kappa shape index (κ1) is 8.97. The van der Waals surface area contributed by atoms with Crippen LogP contribution in [0.4, 0.5) is 4.79 Å². The third-order valence-corrected chi connectivity index (χ3v) is 0.773. The van der Waals surface area contributed by atoms with Gasteiger partial charge in [0.05, 0.1) is 5.71 Å². The van der Waals surface area contributed by atoms with E-state index in [4.69, 9.17) is 17.3 Å². The van der Waals surface area contributed by atoms with E-state index in [0.29, 0.717) is 5.71 Å². The second-order valence-electron chi connectivity index (χ2n) is 1.52. The van der Waals surface area contributed by atoms with Crippen molar-refractivity contribution in [3.8, 4) is 0 Å². The van der Waals surface area contributed by atoms with Crippen LogP contribution < -0.4 is 11.2 Å². The number of hydrogen-bond acceptors (Lipinski definition) is 2. The molecule has 0 saturated carbocycles. The van der Waals surface area contributed by atoms with Gasteiger partial charge in [-0.1, -0.05) is 11.6 Å². The van der Waals surface area contributed by atoms with E-state index >= 15 is 0 Å². The van der Waals surface area contributed by atoms with Gasteiger partial charge in [-0.2, -0.15) is 5.10 Å². The van der Waals surface area contributed by atoms with Crippen LogP contribution in [0.1, 0.15) is 6.92 Å². The first-order chi connectivity index (χ1) is 4.66. The summed E-state index contributed by atoms with van der Waals surface area (Å²) < 4.78 is 0. The average molecular weight is 162 g/mol. The highest BCUT2D eigenvalue weighted by atomic mass is 35.5. The maximum atomic E-state index is 10.1. The first-order valence-corrected chi connectivity index (χ1v) is 2.97. The van der Waals surface area contributed by atoms with Crippen molar-refractivity contribution in [3.63, 3.8) is 0 Å². The highest BCUT2D eigenvalue weighted by molar-refractivity contribution is 6.27. The molecule has 0 aromatic heterocycles. The minimum absolute atomic E-state index is 0.578. The molecule has 0 rings (SSSR count). The van der Waals surface area contributed by atoms with Crippen molar-refractivity contribution in [3.05, 3.63) is 11.6 Å². The van der Waals surface area contributed by atoms with Gasteiger partial charge in [-0.3, -0.25) is 0 Å². The topological polar surface area (TPSA) is 67.5 Å². The van der Waals surface area contributed by atoms with Crippen LogP contribution in [0.15, 0.2) is 16.7 Å². The maximum Gasteiger partial charge on any atom is 0.332 e. The van der Waals surface area contributed by atoms with Crippen LogP contribution in [0, 0.1) is 0 Å². The van der Waals surface area contributed by atoms with E-state index in [1.807, 2.05) is 5.43 Å². The Morgan fingerprint density at radius 1 is 1.80 bits per heavy atom. The molecule has 0 aromatic rings. The summed E-state index contributed by atoms with van der Waals surface area (Å²) in [5.74, 6) is 0. The zero-order valence-electron chi connectivity index (χ0n) is 5.47. The minimum atomic E-state index is -0.692. The molecule has 4 nitrogen and oxygen atoms in total. The molecule has 2 amide bonds. The molecule has 0 radical (unpaired) electrons. The van der Waals surface area contributed by atoms with Crippen molar-refractivity contribution in [2.24, 2.45) is 10.8 Å². The summed E-state index contributed by atoms with van der Waals surface area (Å²) in [5.41, 5.74) is 8.64. The highest BCUT2D eigenvalue weighted by Crippen LogP contribution is 1.81. The van der Waals surface area contributed by atoms with Crippen LogP contribution in [-0.2, 0) is 0 Å². The molecule has 0 aliphatic rings. The van der Waals surface area contributed by atoms with E-state index < -0.39 is 6.03 Å². The van der Waals surface area contributed by atoms with Crippen molar-refractivity contribution in [1.82, 2.24) is 5.43 Å². The lowest BCUT2D eigenvalue weighted by Crippen LogP contribution is -2.25. The molecule has 56 valence electrons. The number of hydrogen-bond donors (Lipinski definition) is 2. The van der Waals surface area contributed by atoms with E-state index in [-0.39, 0.29) is 0 Å². The Kier molecular flexibility index (Phi) is 4.32. The molecule has 0 spiro atoms. The maximum absolute atomic E-state index is 10.1. The lowest BCUT2D eigenvalue weighted by molar-refractivity contribution is 0.249. The van der Waals surface area contributed by atoms with E-state index in [2.05, 4.69) is 5.10 Å².